The van der Waals surface area contributed by atoms with E-state index in [1.807, 2.05) is 11.8 Å². The molecule has 0 saturated carbocycles. The van der Waals surface area contributed by atoms with Crippen LogP contribution in [0.4, 0.5) is 0 Å². The minimum Gasteiger partial charge on any atom is -0.349 e. The van der Waals surface area contributed by atoms with Gasteiger partial charge < -0.3 is 10.2 Å². The zero-order valence-corrected chi connectivity index (χ0v) is 14.3. The maximum absolute atomic E-state index is 12.6. The first-order chi connectivity index (χ1) is 11.7. The second-order valence-electron chi connectivity index (χ2n) is 6.75. The Morgan fingerprint density at radius 1 is 1.17 bits per heavy atom. The molecule has 1 fully saturated rings. The summed E-state index contributed by atoms with van der Waals surface area (Å²) in [6, 6.07) is 8.57. The summed E-state index contributed by atoms with van der Waals surface area (Å²) in [6.45, 7) is 3.19. The number of likely N-dealkylation sites (tertiary alicyclic amines) is 1. The lowest BCUT2D eigenvalue weighted by Gasteiger charge is -2.33. The van der Waals surface area contributed by atoms with Crippen molar-refractivity contribution in [1.82, 2.24) is 10.2 Å². The molecule has 2 aliphatic rings. The molecule has 1 saturated heterocycles. The minimum atomic E-state index is 0.0220. The maximum Gasteiger partial charge on any atom is 0.246 e. The van der Waals surface area contributed by atoms with Crippen LogP contribution in [0, 0.1) is 5.92 Å². The van der Waals surface area contributed by atoms with Crippen LogP contribution >= 0.6 is 0 Å². The van der Waals surface area contributed by atoms with Crippen molar-refractivity contribution in [3.8, 4) is 0 Å². The van der Waals surface area contributed by atoms with E-state index in [0.29, 0.717) is 13.1 Å². The first-order valence-electron chi connectivity index (χ1n) is 8.99. The van der Waals surface area contributed by atoms with Crippen molar-refractivity contribution < 1.29 is 9.59 Å². The Hall–Kier alpha value is -2.10. The van der Waals surface area contributed by atoms with E-state index in [1.54, 1.807) is 12.2 Å². The number of benzene rings is 1. The topological polar surface area (TPSA) is 49.4 Å². The van der Waals surface area contributed by atoms with E-state index in [4.69, 9.17) is 0 Å². The van der Waals surface area contributed by atoms with Crippen LogP contribution in [-0.2, 0) is 16.0 Å². The Kier molecular flexibility index (Phi) is 5.34. The summed E-state index contributed by atoms with van der Waals surface area (Å²) in [5.41, 5.74) is 2.64. The summed E-state index contributed by atoms with van der Waals surface area (Å²) < 4.78 is 0. The summed E-state index contributed by atoms with van der Waals surface area (Å²) >= 11 is 0. The molecule has 1 aliphatic heterocycles. The quantitative estimate of drug-likeness (QED) is 0.868. The molecule has 2 amide bonds. The molecule has 1 aliphatic carbocycles. The molecule has 1 N–H and O–H groups in total. The van der Waals surface area contributed by atoms with Gasteiger partial charge in [0.25, 0.3) is 0 Å². The molecule has 1 aromatic carbocycles. The number of aryl methyl sites for hydroxylation is 1. The third kappa shape index (κ3) is 3.69. The lowest BCUT2D eigenvalue weighted by molar-refractivity contribution is -0.132. The molecule has 1 unspecified atom stereocenters. The summed E-state index contributed by atoms with van der Waals surface area (Å²) in [5, 5.41) is 3.26. The van der Waals surface area contributed by atoms with Gasteiger partial charge in [0.1, 0.15) is 0 Å². The maximum atomic E-state index is 12.6. The molecule has 0 bridgehead atoms. The van der Waals surface area contributed by atoms with E-state index < -0.39 is 0 Å². The van der Waals surface area contributed by atoms with Gasteiger partial charge in [0, 0.05) is 19.0 Å². The Bertz CT molecular complexity index is 630. The Labute approximate surface area is 143 Å². The summed E-state index contributed by atoms with van der Waals surface area (Å²) in [4.78, 5) is 26.4. The number of piperidine rings is 1. The fourth-order valence-electron chi connectivity index (χ4n) is 3.80. The predicted molar refractivity (Wildman–Crippen MR) is 94.4 cm³/mol. The largest absolute Gasteiger partial charge is 0.349 e. The highest BCUT2D eigenvalue weighted by Gasteiger charge is 2.29. The van der Waals surface area contributed by atoms with Crippen LogP contribution in [-0.4, -0.2) is 29.8 Å². The molecule has 0 aromatic heterocycles. The number of hydrogen-bond donors (Lipinski definition) is 1. The van der Waals surface area contributed by atoms with E-state index in [9.17, 15) is 9.59 Å². The van der Waals surface area contributed by atoms with Crippen molar-refractivity contribution in [3.63, 3.8) is 0 Å². The van der Waals surface area contributed by atoms with Gasteiger partial charge in [-0.25, -0.2) is 0 Å². The second kappa shape index (κ2) is 7.65. The van der Waals surface area contributed by atoms with Crippen molar-refractivity contribution in [2.75, 3.05) is 13.1 Å². The van der Waals surface area contributed by atoms with Crippen molar-refractivity contribution in [1.29, 1.82) is 0 Å². The van der Waals surface area contributed by atoms with Gasteiger partial charge in [-0.15, -0.1) is 0 Å². The zero-order valence-electron chi connectivity index (χ0n) is 14.3. The average molecular weight is 326 g/mol. The van der Waals surface area contributed by atoms with Gasteiger partial charge in [0.15, 0.2) is 0 Å². The highest BCUT2D eigenvalue weighted by atomic mass is 16.2. The van der Waals surface area contributed by atoms with E-state index in [1.165, 1.54) is 11.1 Å². The number of fused-ring (bicyclic) bond motifs is 1. The van der Waals surface area contributed by atoms with Crippen LogP contribution in [0.2, 0.25) is 0 Å². The third-order valence-corrected chi connectivity index (χ3v) is 5.17. The number of hydrogen-bond acceptors (Lipinski definition) is 2. The number of amides is 2. The molecule has 24 heavy (non-hydrogen) atoms. The van der Waals surface area contributed by atoms with Crippen LogP contribution in [0.25, 0.3) is 0 Å². The molecule has 0 spiro atoms. The predicted octanol–water partition coefficient (Wildman–Crippen LogP) is 2.99. The molecule has 128 valence electrons. The van der Waals surface area contributed by atoms with E-state index in [0.717, 1.165) is 32.1 Å². The molecule has 3 rings (SSSR count). The molecule has 0 radical (unpaired) electrons. The van der Waals surface area contributed by atoms with Crippen LogP contribution in [0.5, 0.6) is 0 Å². The molecular weight excluding hydrogens is 300 g/mol. The van der Waals surface area contributed by atoms with E-state index in [-0.39, 0.29) is 23.8 Å². The fraction of sp³-hybridized carbons (Fsp3) is 0.500. The number of nitrogens with zero attached hydrogens (tertiary/aromatic N) is 1. The average Bonchev–Trinajstić information content (AvgIpc) is 2.62. The normalized spacial score (nSPS) is 21.5. The number of nitrogens with one attached hydrogen (secondary N) is 1. The molecule has 1 heterocycles. The van der Waals surface area contributed by atoms with E-state index >= 15 is 0 Å². The van der Waals surface area contributed by atoms with Crippen LogP contribution in [0.15, 0.2) is 36.4 Å². The summed E-state index contributed by atoms with van der Waals surface area (Å²) in [7, 11) is 0. The molecule has 1 aromatic rings. The van der Waals surface area contributed by atoms with Crippen molar-refractivity contribution in [2.45, 2.75) is 45.1 Å². The monoisotopic (exact) mass is 326 g/mol. The Balaban J connectivity index is 1.56. The van der Waals surface area contributed by atoms with Crippen LogP contribution < -0.4 is 5.32 Å². The van der Waals surface area contributed by atoms with Crippen molar-refractivity contribution in [3.05, 3.63) is 47.5 Å². The number of carbonyl (C=O) groups is 2. The standard InChI is InChI=1S/C20H26N2O2/c1-2-6-19(23)22-13-11-16(12-14-22)20(24)21-18-10-5-8-15-7-3-4-9-17(15)18/h2-4,6-7,9,16,18H,5,8,10-14H2,1H3,(H,21,24)/b6-2+. The molecular formula is C20H26N2O2. The summed E-state index contributed by atoms with van der Waals surface area (Å²) in [6.07, 6.45) is 8.11. The number of rotatable bonds is 3. The van der Waals surface area contributed by atoms with Gasteiger partial charge in [-0.1, -0.05) is 30.3 Å². The Morgan fingerprint density at radius 3 is 2.67 bits per heavy atom. The van der Waals surface area contributed by atoms with Crippen LogP contribution in [0.3, 0.4) is 0 Å². The lowest BCUT2D eigenvalue weighted by Crippen LogP contribution is -2.43. The van der Waals surface area contributed by atoms with Gasteiger partial charge in [0.05, 0.1) is 6.04 Å². The van der Waals surface area contributed by atoms with Gasteiger partial charge >= 0.3 is 0 Å². The highest BCUT2D eigenvalue weighted by molar-refractivity contribution is 5.88. The molecule has 4 heteroatoms. The SMILES string of the molecule is C/C=C/C(=O)N1CCC(C(=O)NC2CCCc3ccccc32)CC1. The van der Waals surface area contributed by atoms with Gasteiger partial charge in [-0.05, 0) is 56.2 Å². The van der Waals surface area contributed by atoms with E-state index in [2.05, 4.69) is 29.6 Å². The van der Waals surface area contributed by atoms with Crippen LogP contribution in [0.1, 0.15) is 49.8 Å². The smallest absolute Gasteiger partial charge is 0.246 e. The minimum absolute atomic E-state index is 0.0220. The van der Waals surface area contributed by atoms with Crippen molar-refractivity contribution in [2.24, 2.45) is 5.92 Å². The third-order valence-electron chi connectivity index (χ3n) is 5.17. The zero-order chi connectivity index (χ0) is 16.9. The number of allylic oxidation sites excluding steroid dienone is 1. The first kappa shape index (κ1) is 16.7. The van der Waals surface area contributed by atoms with Crippen molar-refractivity contribution >= 4 is 11.8 Å². The van der Waals surface area contributed by atoms with Gasteiger partial charge in [0.2, 0.25) is 11.8 Å². The second-order valence-corrected chi connectivity index (χ2v) is 6.75. The fourth-order valence-corrected chi connectivity index (χ4v) is 3.80. The van der Waals surface area contributed by atoms with Gasteiger partial charge in [-0.3, -0.25) is 9.59 Å². The summed E-state index contributed by atoms with van der Waals surface area (Å²) in [5.74, 6) is 0.223. The highest BCUT2D eigenvalue weighted by Crippen LogP contribution is 2.30. The first-order valence-corrected chi connectivity index (χ1v) is 8.99. The molecule has 4 nitrogen and oxygen atoms in total. The Morgan fingerprint density at radius 2 is 1.92 bits per heavy atom. The lowest BCUT2D eigenvalue weighted by atomic mass is 9.87. The van der Waals surface area contributed by atoms with Gasteiger partial charge in [-0.2, -0.15) is 0 Å². The molecule has 1 atom stereocenters. The number of carbonyl (C=O) groups excluding carboxylic acids is 2.